The van der Waals surface area contributed by atoms with Crippen LogP contribution in [0.3, 0.4) is 0 Å². The summed E-state index contributed by atoms with van der Waals surface area (Å²) in [6.45, 7) is 8.79. The molecule has 1 aromatic rings. The molecule has 1 saturated heterocycles. The van der Waals surface area contributed by atoms with Gasteiger partial charge in [0.2, 0.25) is 0 Å². The van der Waals surface area contributed by atoms with Gasteiger partial charge in [-0.15, -0.1) is 0 Å². The molecule has 0 saturated carbocycles. The molecule has 0 atom stereocenters. The summed E-state index contributed by atoms with van der Waals surface area (Å²) in [6.07, 6.45) is 4.81. The van der Waals surface area contributed by atoms with Crippen molar-refractivity contribution in [2.75, 3.05) is 26.7 Å². The molecule has 0 radical (unpaired) electrons. The van der Waals surface area contributed by atoms with Crippen molar-refractivity contribution in [2.45, 2.75) is 39.3 Å². The zero-order chi connectivity index (χ0) is 15.1. The minimum Gasteiger partial charge on any atom is -0.497 e. The van der Waals surface area contributed by atoms with Crippen LogP contribution in [0.2, 0.25) is 0 Å². The molecule has 1 aliphatic heterocycles. The Morgan fingerprint density at radius 3 is 2.48 bits per heavy atom. The Morgan fingerprint density at radius 1 is 1.24 bits per heavy atom. The van der Waals surface area contributed by atoms with Crippen molar-refractivity contribution in [1.29, 1.82) is 0 Å². The Hall–Kier alpha value is -1.32. The largest absolute Gasteiger partial charge is 0.497 e. The molecule has 3 heteroatoms. The number of ether oxygens (including phenoxy) is 1. The molecule has 116 valence electrons. The van der Waals surface area contributed by atoms with Gasteiger partial charge >= 0.3 is 0 Å². The van der Waals surface area contributed by atoms with E-state index in [4.69, 9.17) is 4.74 Å². The minimum absolute atomic E-state index is 0.648. The van der Waals surface area contributed by atoms with Crippen LogP contribution in [0.1, 0.15) is 32.3 Å². The zero-order valence-corrected chi connectivity index (χ0v) is 13.6. The first-order chi connectivity index (χ1) is 10.2. The highest BCUT2D eigenvalue weighted by Gasteiger charge is 2.17. The van der Waals surface area contributed by atoms with Gasteiger partial charge in [-0.05, 0) is 57.5 Å². The number of hydrogen-bond acceptors (Lipinski definition) is 3. The summed E-state index contributed by atoms with van der Waals surface area (Å²) in [5.74, 6) is 0.923. The van der Waals surface area contributed by atoms with E-state index < -0.39 is 0 Å². The van der Waals surface area contributed by atoms with Gasteiger partial charge in [-0.1, -0.05) is 23.8 Å². The number of nitrogens with one attached hydrogen (secondary N) is 1. The lowest BCUT2D eigenvalue weighted by Gasteiger charge is -2.31. The van der Waals surface area contributed by atoms with Crippen molar-refractivity contribution < 1.29 is 4.74 Å². The first kappa shape index (κ1) is 16.1. The number of likely N-dealkylation sites (tertiary alicyclic amines) is 1. The summed E-state index contributed by atoms with van der Waals surface area (Å²) in [6, 6.07) is 8.97. The molecule has 0 unspecified atom stereocenters. The standard InChI is InChI=1S/C18H28N2O/c1-15(2)8-11-20-12-9-17(10-13-20)19-14-16-4-6-18(21-3)7-5-16/h4-8,17,19H,9-14H2,1-3H3. The second kappa shape index (κ2) is 8.20. The van der Waals surface area contributed by atoms with E-state index in [1.807, 2.05) is 12.1 Å². The number of allylic oxidation sites excluding steroid dienone is 1. The van der Waals surface area contributed by atoms with Crippen LogP contribution < -0.4 is 10.1 Å². The normalized spacial score (nSPS) is 16.7. The number of piperidine rings is 1. The van der Waals surface area contributed by atoms with Crippen molar-refractivity contribution in [3.05, 3.63) is 41.5 Å². The highest BCUT2D eigenvalue weighted by Crippen LogP contribution is 2.14. The third-order valence-electron chi connectivity index (χ3n) is 4.10. The van der Waals surface area contributed by atoms with Crippen LogP contribution in [0.25, 0.3) is 0 Å². The van der Waals surface area contributed by atoms with Crippen LogP contribution in [0.15, 0.2) is 35.9 Å². The number of rotatable bonds is 6. The fraction of sp³-hybridized carbons (Fsp3) is 0.556. The van der Waals surface area contributed by atoms with E-state index in [1.165, 1.54) is 37.1 Å². The number of benzene rings is 1. The maximum Gasteiger partial charge on any atom is 0.118 e. The number of methoxy groups -OCH3 is 1. The summed E-state index contributed by atoms with van der Waals surface area (Å²) in [4.78, 5) is 2.54. The zero-order valence-electron chi connectivity index (χ0n) is 13.6. The highest BCUT2D eigenvalue weighted by molar-refractivity contribution is 5.27. The van der Waals surface area contributed by atoms with Crippen molar-refractivity contribution in [1.82, 2.24) is 10.2 Å². The molecule has 21 heavy (non-hydrogen) atoms. The van der Waals surface area contributed by atoms with E-state index in [0.29, 0.717) is 6.04 Å². The molecule has 1 aromatic carbocycles. The molecule has 0 aliphatic carbocycles. The SMILES string of the molecule is COc1ccc(CNC2CCN(CC=C(C)C)CC2)cc1. The Labute approximate surface area is 129 Å². The van der Waals surface area contributed by atoms with Crippen molar-refractivity contribution in [3.63, 3.8) is 0 Å². The smallest absolute Gasteiger partial charge is 0.118 e. The van der Waals surface area contributed by atoms with Crippen molar-refractivity contribution in [2.24, 2.45) is 0 Å². The summed E-state index contributed by atoms with van der Waals surface area (Å²) >= 11 is 0. The maximum absolute atomic E-state index is 5.18. The summed E-state index contributed by atoms with van der Waals surface area (Å²) in [5, 5.41) is 3.68. The topological polar surface area (TPSA) is 24.5 Å². The molecular weight excluding hydrogens is 260 g/mol. The first-order valence-corrected chi connectivity index (χ1v) is 7.89. The Kier molecular flexibility index (Phi) is 6.27. The van der Waals surface area contributed by atoms with E-state index >= 15 is 0 Å². The minimum atomic E-state index is 0.648. The van der Waals surface area contributed by atoms with Crippen molar-refractivity contribution in [3.8, 4) is 5.75 Å². The van der Waals surface area contributed by atoms with Crippen LogP contribution in [-0.2, 0) is 6.54 Å². The molecule has 0 spiro atoms. The monoisotopic (exact) mass is 288 g/mol. The van der Waals surface area contributed by atoms with Gasteiger partial charge < -0.3 is 10.1 Å². The lowest BCUT2D eigenvalue weighted by atomic mass is 10.0. The molecule has 0 amide bonds. The predicted molar refractivity (Wildman–Crippen MR) is 88.7 cm³/mol. The van der Waals surface area contributed by atoms with Crippen LogP contribution in [0.5, 0.6) is 5.75 Å². The molecule has 2 rings (SSSR count). The van der Waals surface area contributed by atoms with Crippen LogP contribution >= 0.6 is 0 Å². The third kappa shape index (κ3) is 5.52. The van der Waals surface area contributed by atoms with E-state index in [1.54, 1.807) is 7.11 Å². The molecule has 1 heterocycles. The Bertz CT molecular complexity index is 441. The average Bonchev–Trinajstić information content (AvgIpc) is 2.52. The Morgan fingerprint density at radius 2 is 1.90 bits per heavy atom. The average molecular weight is 288 g/mol. The van der Waals surface area contributed by atoms with Gasteiger partial charge in [-0.25, -0.2) is 0 Å². The van der Waals surface area contributed by atoms with Gasteiger partial charge in [0.15, 0.2) is 0 Å². The van der Waals surface area contributed by atoms with Gasteiger partial charge in [-0.3, -0.25) is 4.90 Å². The summed E-state index contributed by atoms with van der Waals surface area (Å²) in [7, 11) is 1.70. The van der Waals surface area contributed by atoms with Gasteiger partial charge in [0.25, 0.3) is 0 Å². The van der Waals surface area contributed by atoms with Crippen LogP contribution in [0.4, 0.5) is 0 Å². The van der Waals surface area contributed by atoms with Gasteiger partial charge in [0, 0.05) is 19.1 Å². The van der Waals surface area contributed by atoms with Crippen LogP contribution in [-0.4, -0.2) is 37.7 Å². The Balaban J connectivity index is 1.69. The quantitative estimate of drug-likeness (QED) is 0.814. The second-order valence-corrected chi connectivity index (χ2v) is 6.09. The van der Waals surface area contributed by atoms with E-state index in [2.05, 4.69) is 42.3 Å². The van der Waals surface area contributed by atoms with Crippen molar-refractivity contribution >= 4 is 0 Å². The van der Waals surface area contributed by atoms with Crippen LogP contribution in [0, 0.1) is 0 Å². The first-order valence-electron chi connectivity index (χ1n) is 7.89. The predicted octanol–water partition coefficient (Wildman–Crippen LogP) is 3.22. The summed E-state index contributed by atoms with van der Waals surface area (Å²) in [5.41, 5.74) is 2.73. The second-order valence-electron chi connectivity index (χ2n) is 6.09. The summed E-state index contributed by atoms with van der Waals surface area (Å²) < 4.78 is 5.18. The molecular formula is C18H28N2O. The van der Waals surface area contributed by atoms with E-state index in [9.17, 15) is 0 Å². The molecule has 1 N–H and O–H groups in total. The molecule has 3 nitrogen and oxygen atoms in total. The van der Waals surface area contributed by atoms with Gasteiger partial charge in [0.1, 0.15) is 5.75 Å². The fourth-order valence-electron chi connectivity index (χ4n) is 2.64. The fourth-order valence-corrected chi connectivity index (χ4v) is 2.64. The maximum atomic E-state index is 5.18. The van der Waals surface area contributed by atoms with E-state index in [0.717, 1.165) is 18.8 Å². The van der Waals surface area contributed by atoms with Gasteiger partial charge in [-0.2, -0.15) is 0 Å². The third-order valence-corrected chi connectivity index (χ3v) is 4.10. The number of nitrogens with zero attached hydrogens (tertiary/aromatic N) is 1. The lowest BCUT2D eigenvalue weighted by molar-refractivity contribution is 0.214. The molecule has 1 aliphatic rings. The molecule has 0 aromatic heterocycles. The molecule has 1 fully saturated rings. The highest BCUT2D eigenvalue weighted by atomic mass is 16.5. The number of hydrogen-bond donors (Lipinski definition) is 1. The van der Waals surface area contributed by atoms with E-state index in [-0.39, 0.29) is 0 Å². The molecule has 0 bridgehead atoms. The lowest BCUT2D eigenvalue weighted by Crippen LogP contribution is -2.42. The van der Waals surface area contributed by atoms with Gasteiger partial charge in [0.05, 0.1) is 7.11 Å².